The van der Waals surface area contributed by atoms with Crippen molar-refractivity contribution < 1.29 is 5.11 Å². The smallest absolute Gasteiger partial charge is 0.137 e. The van der Waals surface area contributed by atoms with E-state index in [-0.39, 0.29) is 18.1 Å². The monoisotopic (exact) mass is 494 g/mol. The first kappa shape index (κ1) is 23.7. The average Bonchev–Trinajstić information content (AvgIpc) is 3.54. The number of piperidine rings is 1. The molecule has 3 heterocycles. The summed E-state index contributed by atoms with van der Waals surface area (Å²) in [5.41, 5.74) is 6.67. The van der Waals surface area contributed by atoms with Gasteiger partial charge in [0.25, 0.3) is 0 Å². The van der Waals surface area contributed by atoms with Crippen LogP contribution in [0, 0.1) is 31.2 Å². The van der Waals surface area contributed by atoms with E-state index in [1.54, 1.807) is 0 Å². The molecule has 0 unspecified atom stereocenters. The maximum absolute atomic E-state index is 10.6. The van der Waals surface area contributed by atoms with Crippen molar-refractivity contribution in [2.24, 2.45) is 17.8 Å². The molecule has 7 nitrogen and oxygen atoms in total. The molecule has 4 aromatic rings. The molecule has 37 heavy (non-hydrogen) atoms. The molecule has 7 heteroatoms. The maximum atomic E-state index is 10.6. The summed E-state index contributed by atoms with van der Waals surface area (Å²) in [4.78, 5) is 7.69. The molecule has 2 fully saturated rings. The molecule has 2 aromatic heterocycles. The number of aromatic amines is 1. The van der Waals surface area contributed by atoms with Gasteiger partial charge < -0.3 is 10.1 Å². The van der Waals surface area contributed by atoms with Gasteiger partial charge >= 0.3 is 0 Å². The van der Waals surface area contributed by atoms with Gasteiger partial charge in [0, 0.05) is 28.7 Å². The molecular formula is C30H34N6O. The predicted molar refractivity (Wildman–Crippen MR) is 144 cm³/mol. The molecular weight excluding hydrogens is 460 g/mol. The van der Waals surface area contributed by atoms with Crippen molar-refractivity contribution in [1.82, 2.24) is 25.0 Å². The third-order valence-corrected chi connectivity index (χ3v) is 8.78. The second kappa shape index (κ2) is 9.68. The van der Waals surface area contributed by atoms with Crippen LogP contribution in [-0.2, 0) is 13.0 Å². The lowest BCUT2D eigenvalue weighted by molar-refractivity contribution is -0.0357. The highest BCUT2D eigenvalue weighted by Crippen LogP contribution is 2.47. The van der Waals surface area contributed by atoms with Crippen LogP contribution in [0.25, 0.3) is 27.1 Å². The lowest BCUT2D eigenvalue weighted by Gasteiger charge is -2.45. The van der Waals surface area contributed by atoms with E-state index in [9.17, 15) is 5.11 Å². The average molecular weight is 495 g/mol. The van der Waals surface area contributed by atoms with Crippen molar-refractivity contribution in [2.75, 3.05) is 6.54 Å². The van der Waals surface area contributed by atoms with Gasteiger partial charge in [0.15, 0.2) is 0 Å². The molecule has 1 saturated heterocycles. The van der Waals surface area contributed by atoms with E-state index in [0.717, 1.165) is 54.7 Å². The number of benzene rings is 2. The summed E-state index contributed by atoms with van der Waals surface area (Å²) in [7, 11) is 0. The quantitative estimate of drug-likeness (QED) is 0.355. The molecule has 0 amide bonds. The standard InChI is InChI=1S/C30H34N6O/c1-19-8-10-21(11-9-19)27-18-35(34-33-27)15-14-24-23-6-4-5-7-26(23)32-30(24)28-16-25-20(2)29(37)13-12-22(25)17-36(28)31-3/h4-11,18,20,22,25,28-29,32,37H,12-17H2,1-2H3/t20-,22+,25-,28+,29+/m1/s1. The Bertz CT molecular complexity index is 1430. The minimum absolute atomic E-state index is 0.00670. The first-order valence-corrected chi connectivity index (χ1v) is 13.4. The molecule has 2 aliphatic rings. The van der Waals surface area contributed by atoms with Gasteiger partial charge in [-0.05, 0) is 62.0 Å². The molecule has 1 aliphatic carbocycles. The minimum atomic E-state index is -0.237. The van der Waals surface area contributed by atoms with Crippen LogP contribution in [0.4, 0.5) is 0 Å². The van der Waals surface area contributed by atoms with Gasteiger partial charge in [0.05, 0.1) is 18.8 Å². The van der Waals surface area contributed by atoms with E-state index in [1.807, 2.05) is 15.9 Å². The fourth-order valence-electron chi connectivity index (χ4n) is 6.60. The number of para-hydroxylation sites is 1. The van der Waals surface area contributed by atoms with Crippen LogP contribution >= 0.6 is 0 Å². The number of nitrogens with zero attached hydrogens (tertiary/aromatic N) is 5. The molecule has 1 aliphatic heterocycles. The predicted octanol–water partition coefficient (Wildman–Crippen LogP) is 5.58. The van der Waals surface area contributed by atoms with E-state index >= 15 is 0 Å². The molecule has 2 aromatic carbocycles. The Labute approximate surface area is 217 Å². The number of aliphatic hydroxyl groups is 1. The van der Waals surface area contributed by atoms with Crippen LogP contribution < -0.4 is 0 Å². The second-order valence-electron chi connectivity index (χ2n) is 10.9. The van der Waals surface area contributed by atoms with Crippen LogP contribution in [0.1, 0.15) is 49.0 Å². The third kappa shape index (κ3) is 4.40. The number of aryl methyl sites for hydroxylation is 3. The Kier molecular flexibility index (Phi) is 6.21. The number of fused-ring (bicyclic) bond motifs is 2. The highest BCUT2D eigenvalue weighted by molar-refractivity contribution is 5.84. The number of rotatable bonds is 5. The molecule has 0 bridgehead atoms. The Hall–Kier alpha value is -3.63. The van der Waals surface area contributed by atoms with Crippen molar-refractivity contribution in [3.63, 3.8) is 0 Å². The molecule has 0 spiro atoms. The summed E-state index contributed by atoms with van der Waals surface area (Å²) >= 11 is 0. The molecule has 0 radical (unpaired) electrons. The number of aromatic nitrogens is 4. The van der Waals surface area contributed by atoms with E-state index in [4.69, 9.17) is 6.57 Å². The van der Waals surface area contributed by atoms with Crippen molar-refractivity contribution >= 4 is 10.9 Å². The number of hydrogen-bond donors (Lipinski definition) is 2. The first-order chi connectivity index (χ1) is 18.0. The molecule has 1 saturated carbocycles. The van der Waals surface area contributed by atoms with Gasteiger partial charge in [-0.25, -0.2) is 0 Å². The van der Waals surface area contributed by atoms with Crippen LogP contribution in [0.3, 0.4) is 0 Å². The van der Waals surface area contributed by atoms with Crippen LogP contribution in [0.2, 0.25) is 0 Å². The molecule has 190 valence electrons. The SMILES string of the molecule is [C-]#[N+]N1C[C@@H]2CC[C@H](O)[C@H](C)[C@H]2C[C@H]1c1[nH]c2ccccc2c1CCn1cc(-c2ccc(C)cc2)nn1. The van der Waals surface area contributed by atoms with Gasteiger partial charge in [0.1, 0.15) is 11.7 Å². The van der Waals surface area contributed by atoms with Gasteiger partial charge in [-0.3, -0.25) is 4.68 Å². The summed E-state index contributed by atoms with van der Waals surface area (Å²) in [6.07, 6.45) is 5.32. The maximum Gasteiger partial charge on any atom is 0.137 e. The van der Waals surface area contributed by atoms with E-state index in [0.29, 0.717) is 18.4 Å². The molecule has 2 N–H and O–H groups in total. The zero-order valence-corrected chi connectivity index (χ0v) is 21.5. The molecule has 5 atom stereocenters. The molecule has 6 rings (SSSR count). The second-order valence-corrected chi connectivity index (χ2v) is 10.9. The van der Waals surface area contributed by atoms with E-state index in [1.165, 1.54) is 16.5 Å². The van der Waals surface area contributed by atoms with Crippen LogP contribution in [0.5, 0.6) is 0 Å². The van der Waals surface area contributed by atoms with Gasteiger partial charge in [0.2, 0.25) is 0 Å². The summed E-state index contributed by atoms with van der Waals surface area (Å²) < 4.78 is 1.92. The lowest BCUT2D eigenvalue weighted by atomic mass is 9.66. The first-order valence-electron chi connectivity index (χ1n) is 13.4. The minimum Gasteiger partial charge on any atom is -0.393 e. The summed E-state index contributed by atoms with van der Waals surface area (Å²) in [5.74, 6) is 1.17. The normalized spacial score (nSPS) is 25.7. The fourth-order valence-corrected chi connectivity index (χ4v) is 6.60. The van der Waals surface area contributed by atoms with E-state index < -0.39 is 0 Å². The Morgan fingerprint density at radius 3 is 2.76 bits per heavy atom. The Balaban J connectivity index is 1.30. The summed E-state index contributed by atoms with van der Waals surface area (Å²) in [6, 6.07) is 16.8. The summed E-state index contributed by atoms with van der Waals surface area (Å²) in [6.45, 7) is 13.7. The number of aliphatic hydroxyl groups excluding tert-OH is 1. The topological polar surface area (TPSA) is 74.3 Å². The Morgan fingerprint density at radius 1 is 1.14 bits per heavy atom. The number of hydrogen-bond acceptors (Lipinski definition) is 4. The van der Waals surface area contributed by atoms with Crippen molar-refractivity contribution in [3.8, 4) is 11.3 Å². The zero-order chi connectivity index (χ0) is 25.5. The van der Waals surface area contributed by atoms with Crippen LogP contribution in [0.15, 0.2) is 54.7 Å². The summed E-state index contributed by atoms with van der Waals surface area (Å²) in [5, 5.41) is 22.6. The third-order valence-electron chi connectivity index (χ3n) is 8.78. The Morgan fingerprint density at radius 2 is 1.95 bits per heavy atom. The fraction of sp³-hybridized carbons (Fsp3) is 0.433. The zero-order valence-electron chi connectivity index (χ0n) is 21.5. The number of nitrogens with one attached hydrogen (secondary N) is 1. The van der Waals surface area contributed by atoms with Crippen molar-refractivity contribution in [3.05, 3.63) is 83.1 Å². The highest BCUT2D eigenvalue weighted by Gasteiger charge is 2.46. The highest BCUT2D eigenvalue weighted by atomic mass is 16.3. The largest absolute Gasteiger partial charge is 0.393 e. The van der Waals surface area contributed by atoms with Gasteiger partial charge in [-0.2, -0.15) is 11.5 Å². The van der Waals surface area contributed by atoms with Gasteiger partial charge in [-0.1, -0.05) is 60.2 Å². The van der Waals surface area contributed by atoms with Crippen molar-refractivity contribution in [1.29, 1.82) is 0 Å². The van der Waals surface area contributed by atoms with Crippen LogP contribution in [-0.4, -0.2) is 42.7 Å². The lowest BCUT2D eigenvalue weighted by Crippen LogP contribution is -2.47. The van der Waals surface area contributed by atoms with Crippen molar-refractivity contribution in [2.45, 2.75) is 58.2 Å². The van der Waals surface area contributed by atoms with E-state index in [2.05, 4.69) is 82.6 Å². The number of H-pyrrole nitrogens is 1. The van der Waals surface area contributed by atoms with Gasteiger partial charge in [-0.15, -0.1) is 10.1 Å².